The molecule has 2 unspecified atom stereocenters. The van der Waals surface area contributed by atoms with E-state index in [2.05, 4.69) is 39.5 Å². The van der Waals surface area contributed by atoms with E-state index < -0.39 is 17.3 Å². The Balaban J connectivity index is 1.76. The summed E-state index contributed by atoms with van der Waals surface area (Å²) in [6, 6.07) is 0. The molecule has 0 saturated heterocycles. The summed E-state index contributed by atoms with van der Waals surface area (Å²) in [5, 5.41) is 23.5. The van der Waals surface area contributed by atoms with Crippen LogP contribution in [0.15, 0.2) is 36.0 Å². The van der Waals surface area contributed by atoms with Gasteiger partial charge >= 0.3 is 11.9 Å². The van der Waals surface area contributed by atoms with Gasteiger partial charge in [0.1, 0.15) is 17.8 Å². The Hall–Kier alpha value is -1.92. The monoisotopic (exact) mass is 530 g/mol. The number of hydrogen-bond donors (Lipinski definition) is 2. The molecule has 3 saturated carbocycles. The molecule has 0 aromatic carbocycles. The van der Waals surface area contributed by atoms with E-state index in [0.717, 1.165) is 43.3 Å². The predicted molar refractivity (Wildman–Crippen MR) is 149 cm³/mol. The lowest BCUT2D eigenvalue weighted by Gasteiger charge is -2.52. The molecular formula is C32H50O6. The molecule has 8 atom stereocenters. The zero-order chi connectivity index (χ0) is 28.5. The molecule has 3 rings (SSSR count). The van der Waals surface area contributed by atoms with Crippen LogP contribution < -0.4 is 0 Å². The molecule has 0 aliphatic heterocycles. The number of fused-ring (bicyclic) bond motifs is 1. The molecule has 214 valence electrons. The summed E-state index contributed by atoms with van der Waals surface area (Å²) >= 11 is 0. The minimum absolute atomic E-state index is 0.00696. The van der Waals surface area contributed by atoms with Crippen LogP contribution in [-0.2, 0) is 19.1 Å². The fourth-order valence-corrected chi connectivity index (χ4v) is 7.60. The highest BCUT2D eigenvalue weighted by molar-refractivity contribution is 5.66. The van der Waals surface area contributed by atoms with Gasteiger partial charge in [-0.2, -0.15) is 0 Å². The lowest BCUT2D eigenvalue weighted by molar-refractivity contribution is -0.156. The number of carbonyl (C=O) groups excluding carboxylic acids is 2. The van der Waals surface area contributed by atoms with Gasteiger partial charge < -0.3 is 19.7 Å². The van der Waals surface area contributed by atoms with Crippen LogP contribution in [-0.4, -0.2) is 45.6 Å². The Morgan fingerprint density at radius 2 is 1.79 bits per heavy atom. The minimum atomic E-state index is -1.20. The van der Waals surface area contributed by atoms with Gasteiger partial charge in [0.15, 0.2) is 0 Å². The standard InChI is InChI=1S/C32H50O6/c1-20-11-13-26(37-23(4)33)18-25(20)19-29(35)32(36)17-9-16-31(8)27(14-15-28(31)32)21(2)10-12-22(3)30(6,7)38-24(5)34/h10,12,19,21-22,26-29,35-36H,1,9,11,13-18H2,2-8H3/b12-10+,25-19-/t21-,22+,26+,27-,28-,29?,31-,32?/m1/s1. The average molecular weight is 531 g/mol. The van der Waals surface area contributed by atoms with Crippen molar-refractivity contribution in [2.75, 3.05) is 0 Å². The molecule has 3 aliphatic carbocycles. The highest BCUT2D eigenvalue weighted by atomic mass is 16.6. The number of ether oxygens (including phenoxy) is 2. The molecular weight excluding hydrogens is 480 g/mol. The van der Waals surface area contributed by atoms with Crippen molar-refractivity contribution in [2.24, 2.45) is 29.1 Å². The van der Waals surface area contributed by atoms with Crippen molar-refractivity contribution in [2.45, 2.75) is 123 Å². The van der Waals surface area contributed by atoms with Gasteiger partial charge in [-0.25, -0.2) is 0 Å². The van der Waals surface area contributed by atoms with Gasteiger partial charge in [-0.05, 0) is 93.6 Å². The van der Waals surface area contributed by atoms with E-state index in [1.807, 2.05) is 13.8 Å². The third-order valence-electron chi connectivity index (χ3n) is 10.0. The van der Waals surface area contributed by atoms with Gasteiger partial charge in [-0.3, -0.25) is 9.59 Å². The first-order chi connectivity index (χ1) is 17.6. The van der Waals surface area contributed by atoms with Crippen LogP contribution in [0.3, 0.4) is 0 Å². The van der Waals surface area contributed by atoms with Crippen LogP contribution in [0, 0.1) is 29.1 Å². The number of esters is 2. The molecule has 6 heteroatoms. The molecule has 3 aliphatic rings. The van der Waals surface area contributed by atoms with Crippen LogP contribution in [0.25, 0.3) is 0 Å². The summed E-state index contributed by atoms with van der Waals surface area (Å²) in [5.74, 6) is 0.165. The molecule has 3 fully saturated rings. The Morgan fingerprint density at radius 3 is 2.42 bits per heavy atom. The Kier molecular flexibility index (Phi) is 9.41. The second-order valence-electron chi connectivity index (χ2n) is 13.0. The van der Waals surface area contributed by atoms with E-state index in [4.69, 9.17) is 9.47 Å². The van der Waals surface area contributed by atoms with Crippen molar-refractivity contribution in [1.82, 2.24) is 0 Å². The summed E-state index contributed by atoms with van der Waals surface area (Å²) in [4.78, 5) is 23.0. The zero-order valence-corrected chi connectivity index (χ0v) is 24.6. The topological polar surface area (TPSA) is 93.1 Å². The molecule has 2 N–H and O–H groups in total. The van der Waals surface area contributed by atoms with E-state index in [1.165, 1.54) is 13.8 Å². The molecule has 0 heterocycles. The van der Waals surface area contributed by atoms with Crippen molar-refractivity contribution < 1.29 is 29.3 Å². The second-order valence-corrected chi connectivity index (χ2v) is 13.0. The molecule has 38 heavy (non-hydrogen) atoms. The van der Waals surface area contributed by atoms with Gasteiger partial charge in [0.2, 0.25) is 0 Å². The summed E-state index contributed by atoms with van der Waals surface area (Å²) < 4.78 is 11.0. The predicted octanol–water partition coefficient (Wildman–Crippen LogP) is 6.06. The molecule has 0 aromatic heterocycles. The Morgan fingerprint density at radius 1 is 1.11 bits per heavy atom. The third-order valence-corrected chi connectivity index (χ3v) is 10.0. The fraction of sp³-hybridized carbons (Fsp3) is 0.750. The lowest BCUT2D eigenvalue weighted by Crippen LogP contribution is -2.56. The second kappa shape index (κ2) is 11.7. The maximum atomic E-state index is 12.0. The van der Waals surface area contributed by atoms with E-state index in [9.17, 15) is 19.8 Å². The van der Waals surface area contributed by atoms with Crippen molar-refractivity contribution in [1.29, 1.82) is 0 Å². The number of rotatable bonds is 8. The molecule has 6 nitrogen and oxygen atoms in total. The van der Waals surface area contributed by atoms with Crippen LogP contribution in [0.4, 0.5) is 0 Å². The lowest BCUT2D eigenvalue weighted by atomic mass is 9.56. The van der Waals surface area contributed by atoms with Crippen molar-refractivity contribution in [3.63, 3.8) is 0 Å². The first kappa shape index (κ1) is 30.6. The Bertz CT molecular complexity index is 963. The largest absolute Gasteiger partial charge is 0.462 e. The Labute approximate surface area is 229 Å². The molecule has 0 radical (unpaired) electrons. The van der Waals surface area contributed by atoms with E-state index >= 15 is 0 Å². The van der Waals surface area contributed by atoms with Crippen molar-refractivity contribution in [3.05, 3.63) is 36.0 Å². The highest BCUT2D eigenvalue weighted by Crippen LogP contribution is 2.61. The van der Waals surface area contributed by atoms with Gasteiger partial charge in [0.05, 0.1) is 5.60 Å². The first-order valence-corrected chi connectivity index (χ1v) is 14.4. The minimum Gasteiger partial charge on any atom is -0.462 e. The fourth-order valence-electron chi connectivity index (χ4n) is 7.60. The quantitative estimate of drug-likeness (QED) is 0.293. The summed E-state index contributed by atoms with van der Waals surface area (Å²) in [6.45, 7) is 17.5. The highest BCUT2D eigenvalue weighted by Gasteiger charge is 2.59. The third kappa shape index (κ3) is 6.44. The van der Waals surface area contributed by atoms with Crippen LogP contribution in [0.2, 0.25) is 0 Å². The van der Waals surface area contributed by atoms with Crippen LogP contribution in [0.5, 0.6) is 0 Å². The van der Waals surface area contributed by atoms with Gasteiger partial charge in [-0.15, -0.1) is 0 Å². The van der Waals surface area contributed by atoms with E-state index in [-0.39, 0.29) is 35.3 Å². The SMILES string of the molecule is C=C1CC[C@H](OC(C)=O)C/C1=C/C(O)C1(O)CCC[C@]2(C)[C@@H]([C@H](C)/C=C/[C@H](C)C(C)(C)OC(C)=O)CC[C@@H]12. The molecule has 0 spiro atoms. The average Bonchev–Trinajstić information content (AvgIpc) is 3.16. The normalized spacial score (nSPS) is 35.6. The summed E-state index contributed by atoms with van der Waals surface area (Å²) in [5.41, 5.74) is -0.0224. The first-order valence-electron chi connectivity index (χ1n) is 14.4. The van der Waals surface area contributed by atoms with Gasteiger partial charge in [0, 0.05) is 26.2 Å². The number of carbonyl (C=O) groups is 2. The van der Waals surface area contributed by atoms with Crippen LogP contribution in [0.1, 0.15) is 99.8 Å². The number of aliphatic hydroxyl groups is 2. The zero-order valence-electron chi connectivity index (χ0n) is 24.6. The summed E-state index contributed by atoms with van der Waals surface area (Å²) in [6.07, 6.45) is 11.3. The van der Waals surface area contributed by atoms with Crippen molar-refractivity contribution in [3.8, 4) is 0 Å². The molecule has 0 aromatic rings. The number of hydrogen-bond acceptors (Lipinski definition) is 6. The maximum absolute atomic E-state index is 12.0. The van der Waals surface area contributed by atoms with E-state index in [1.54, 1.807) is 6.08 Å². The maximum Gasteiger partial charge on any atom is 0.303 e. The molecule has 0 bridgehead atoms. The van der Waals surface area contributed by atoms with Crippen LogP contribution >= 0.6 is 0 Å². The van der Waals surface area contributed by atoms with Gasteiger partial charge in [-0.1, -0.05) is 45.1 Å². The molecule has 0 amide bonds. The van der Waals surface area contributed by atoms with Gasteiger partial charge in [0.25, 0.3) is 0 Å². The van der Waals surface area contributed by atoms with E-state index in [0.29, 0.717) is 31.1 Å². The smallest absolute Gasteiger partial charge is 0.303 e. The number of aliphatic hydroxyl groups excluding tert-OH is 1. The van der Waals surface area contributed by atoms with Crippen molar-refractivity contribution >= 4 is 11.9 Å². The summed E-state index contributed by atoms with van der Waals surface area (Å²) in [7, 11) is 0. The number of allylic oxidation sites excluding steroid dienone is 2.